The molecule has 0 bridgehead atoms. The SMILES string of the molecule is O=C(NCC(Br)c1ccccc1)c1ccc(F)c(Cl)c1. The Morgan fingerprint density at radius 3 is 2.60 bits per heavy atom. The Bertz CT molecular complexity index is 606. The maximum Gasteiger partial charge on any atom is 0.251 e. The Labute approximate surface area is 130 Å². The van der Waals surface area contributed by atoms with E-state index in [1.807, 2.05) is 30.3 Å². The first-order valence-corrected chi connectivity index (χ1v) is 7.29. The number of nitrogens with one attached hydrogen (secondary N) is 1. The van der Waals surface area contributed by atoms with Gasteiger partial charge in [-0.25, -0.2) is 4.39 Å². The van der Waals surface area contributed by atoms with Gasteiger partial charge in [-0.3, -0.25) is 4.79 Å². The summed E-state index contributed by atoms with van der Waals surface area (Å²) in [4.78, 5) is 11.9. The molecular weight excluding hydrogens is 345 g/mol. The van der Waals surface area contributed by atoms with Crippen molar-refractivity contribution in [1.29, 1.82) is 0 Å². The van der Waals surface area contributed by atoms with E-state index in [0.29, 0.717) is 12.1 Å². The second-order valence-electron chi connectivity index (χ2n) is 4.22. The smallest absolute Gasteiger partial charge is 0.251 e. The zero-order valence-electron chi connectivity index (χ0n) is 10.4. The maximum absolute atomic E-state index is 13.0. The summed E-state index contributed by atoms with van der Waals surface area (Å²) in [6.07, 6.45) is 0. The highest BCUT2D eigenvalue weighted by Crippen LogP contribution is 2.21. The number of halogens is 3. The van der Waals surface area contributed by atoms with Gasteiger partial charge in [0.15, 0.2) is 0 Å². The van der Waals surface area contributed by atoms with Crippen LogP contribution >= 0.6 is 27.5 Å². The van der Waals surface area contributed by atoms with Crippen molar-refractivity contribution in [2.45, 2.75) is 4.83 Å². The van der Waals surface area contributed by atoms with Gasteiger partial charge in [0.2, 0.25) is 0 Å². The van der Waals surface area contributed by atoms with Gasteiger partial charge < -0.3 is 5.32 Å². The van der Waals surface area contributed by atoms with Gasteiger partial charge in [-0.1, -0.05) is 57.9 Å². The average molecular weight is 357 g/mol. The molecule has 0 heterocycles. The van der Waals surface area contributed by atoms with E-state index in [1.165, 1.54) is 18.2 Å². The maximum atomic E-state index is 13.0. The van der Waals surface area contributed by atoms with Gasteiger partial charge >= 0.3 is 0 Å². The zero-order valence-corrected chi connectivity index (χ0v) is 12.8. The topological polar surface area (TPSA) is 29.1 Å². The van der Waals surface area contributed by atoms with Gasteiger partial charge in [0, 0.05) is 12.1 Å². The number of hydrogen-bond donors (Lipinski definition) is 1. The predicted molar refractivity (Wildman–Crippen MR) is 81.9 cm³/mol. The molecule has 20 heavy (non-hydrogen) atoms. The lowest BCUT2D eigenvalue weighted by Gasteiger charge is -2.11. The molecule has 0 aliphatic carbocycles. The van der Waals surface area contributed by atoms with Gasteiger partial charge in [-0.15, -0.1) is 0 Å². The monoisotopic (exact) mass is 355 g/mol. The molecule has 0 saturated heterocycles. The number of alkyl halides is 1. The van der Waals surface area contributed by atoms with Crippen molar-refractivity contribution in [3.05, 3.63) is 70.5 Å². The molecule has 0 spiro atoms. The van der Waals surface area contributed by atoms with Gasteiger partial charge in [0.25, 0.3) is 5.91 Å². The van der Waals surface area contributed by atoms with Gasteiger partial charge in [-0.05, 0) is 23.8 Å². The minimum Gasteiger partial charge on any atom is -0.351 e. The molecular formula is C15H12BrClFNO. The van der Waals surface area contributed by atoms with Crippen LogP contribution in [0.25, 0.3) is 0 Å². The second kappa shape index (κ2) is 6.86. The summed E-state index contributed by atoms with van der Waals surface area (Å²) in [5, 5.41) is 2.72. The summed E-state index contributed by atoms with van der Waals surface area (Å²) >= 11 is 9.16. The highest BCUT2D eigenvalue weighted by molar-refractivity contribution is 9.09. The van der Waals surface area contributed by atoms with Gasteiger partial charge in [-0.2, -0.15) is 0 Å². The molecule has 1 amide bonds. The first-order chi connectivity index (χ1) is 9.58. The fourth-order valence-electron chi connectivity index (χ4n) is 1.70. The third-order valence-corrected chi connectivity index (χ3v) is 3.93. The minimum atomic E-state index is -0.536. The number of benzene rings is 2. The van der Waals surface area contributed by atoms with Crippen molar-refractivity contribution in [3.8, 4) is 0 Å². The average Bonchev–Trinajstić information content (AvgIpc) is 2.48. The van der Waals surface area contributed by atoms with Crippen molar-refractivity contribution >= 4 is 33.4 Å². The third-order valence-electron chi connectivity index (χ3n) is 2.78. The Hall–Kier alpha value is -1.39. The molecule has 5 heteroatoms. The van der Waals surface area contributed by atoms with E-state index in [2.05, 4.69) is 21.2 Å². The van der Waals surface area contributed by atoms with Crippen LogP contribution in [0.2, 0.25) is 5.02 Å². The van der Waals surface area contributed by atoms with Crippen LogP contribution in [-0.2, 0) is 0 Å². The van der Waals surface area contributed by atoms with E-state index < -0.39 is 5.82 Å². The molecule has 0 fully saturated rings. The molecule has 0 saturated carbocycles. The zero-order chi connectivity index (χ0) is 14.5. The molecule has 0 aliphatic rings. The molecule has 1 atom stereocenters. The first-order valence-electron chi connectivity index (χ1n) is 6.00. The molecule has 1 unspecified atom stereocenters. The second-order valence-corrected chi connectivity index (χ2v) is 5.73. The minimum absolute atomic E-state index is 0.0172. The number of carbonyl (C=O) groups excluding carboxylic acids is 1. The molecule has 0 radical (unpaired) electrons. The lowest BCUT2D eigenvalue weighted by atomic mass is 10.1. The van der Waals surface area contributed by atoms with Crippen molar-refractivity contribution in [2.24, 2.45) is 0 Å². The first kappa shape index (κ1) is 15.0. The Kier molecular flexibility index (Phi) is 5.15. The van der Waals surface area contributed by atoms with Gasteiger partial charge in [0.1, 0.15) is 5.82 Å². The van der Waals surface area contributed by atoms with Crippen LogP contribution in [0, 0.1) is 5.82 Å². The van der Waals surface area contributed by atoms with E-state index in [4.69, 9.17) is 11.6 Å². The highest BCUT2D eigenvalue weighted by atomic mass is 79.9. The summed E-state index contributed by atoms with van der Waals surface area (Å²) in [6, 6.07) is 13.7. The summed E-state index contributed by atoms with van der Waals surface area (Å²) in [5.74, 6) is -0.821. The van der Waals surface area contributed by atoms with E-state index in [-0.39, 0.29) is 15.8 Å². The lowest BCUT2D eigenvalue weighted by Crippen LogP contribution is -2.26. The number of carbonyl (C=O) groups is 1. The van der Waals surface area contributed by atoms with E-state index in [1.54, 1.807) is 0 Å². The van der Waals surface area contributed by atoms with Crippen LogP contribution in [0.1, 0.15) is 20.7 Å². The largest absolute Gasteiger partial charge is 0.351 e. The van der Waals surface area contributed by atoms with Crippen LogP contribution in [0.15, 0.2) is 48.5 Å². The third kappa shape index (κ3) is 3.81. The number of rotatable bonds is 4. The normalized spacial score (nSPS) is 11.9. The molecule has 1 N–H and O–H groups in total. The Morgan fingerprint density at radius 2 is 1.95 bits per heavy atom. The van der Waals surface area contributed by atoms with Crippen LogP contribution in [0.4, 0.5) is 4.39 Å². The van der Waals surface area contributed by atoms with Crippen LogP contribution in [0.5, 0.6) is 0 Å². The van der Waals surface area contributed by atoms with Crippen LogP contribution in [-0.4, -0.2) is 12.5 Å². The predicted octanol–water partition coefficient (Wildman–Crippen LogP) is 4.35. The van der Waals surface area contributed by atoms with E-state index in [0.717, 1.165) is 5.56 Å². The van der Waals surface area contributed by atoms with E-state index in [9.17, 15) is 9.18 Å². The number of hydrogen-bond acceptors (Lipinski definition) is 1. The number of amides is 1. The van der Waals surface area contributed by atoms with Gasteiger partial charge in [0.05, 0.1) is 9.85 Å². The molecule has 2 nitrogen and oxygen atoms in total. The standard InChI is InChI=1S/C15H12BrClFNO/c16-12(10-4-2-1-3-5-10)9-19-15(20)11-6-7-14(18)13(17)8-11/h1-8,12H,9H2,(H,19,20). The Morgan fingerprint density at radius 1 is 1.25 bits per heavy atom. The Balaban J connectivity index is 1.97. The molecule has 0 aromatic heterocycles. The van der Waals surface area contributed by atoms with Crippen molar-refractivity contribution in [2.75, 3.05) is 6.54 Å². The van der Waals surface area contributed by atoms with E-state index >= 15 is 0 Å². The fraction of sp³-hybridized carbons (Fsp3) is 0.133. The fourth-order valence-corrected chi connectivity index (χ4v) is 2.35. The molecule has 2 aromatic rings. The quantitative estimate of drug-likeness (QED) is 0.811. The molecule has 104 valence electrons. The summed E-state index contributed by atoms with van der Waals surface area (Å²) < 4.78 is 13.0. The molecule has 2 aromatic carbocycles. The molecule has 0 aliphatic heterocycles. The van der Waals surface area contributed by atoms with Crippen molar-refractivity contribution in [3.63, 3.8) is 0 Å². The van der Waals surface area contributed by atoms with Crippen molar-refractivity contribution in [1.82, 2.24) is 5.32 Å². The lowest BCUT2D eigenvalue weighted by molar-refractivity contribution is 0.0954. The molecule has 2 rings (SSSR count). The van der Waals surface area contributed by atoms with Crippen LogP contribution < -0.4 is 5.32 Å². The summed E-state index contributed by atoms with van der Waals surface area (Å²) in [6.45, 7) is 0.428. The van der Waals surface area contributed by atoms with Crippen molar-refractivity contribution < 1.29 is 9.18 Å². The summed E-state index contributed by atoms with van der Waals surface area (Å²) in [7, 11) is 0. The summed E-state index contributed by atoms with van der Waals surface area (Å²) in [5.41, 5.74) is 1.41. The highest BCUT2D eigenvalue weighted by Gasteiger charge is 2.11. The van der Waals surface area contributed by atoms with Crippen LogP contribution in [0.3, 0.4) is 0 Å².